The number of amides is 1. The fourth-order valence-corrected chi connectivity index (χ4v) is 2.61. The van der Waals surface area contributed by atoms with E-state index in [1.165, 1.54) is 19.9 Å². The van der Waals surface area contributed by atoms with Gasteiger partial charge in [0.2, 0.25) is 18.3 Å². The Morgan fingerprint density at radius 3 is 2.42 bits per heavy atom. The lowest BCUT2D eigenvalue weighted by molar-refractivity contribution is -0.120. The largest absolute Gasteiger partial charge is 0.306 e. The van der Waals surface area contributed by atoms with Crippen LogP contribution >= 0.6 is 0 Å². The Bertz CT molecular complexity index is 888. The van der Waals surface area contributed by atoms with Crippen LogP contribution in [0.25, 0.3) is 15.9 Å². The molecule has 5 nitrogen and oxygen atoms in total. The molecule has 0 aliphatic carbocycles. The second-order valence-corrected chi connectivity index (χ2v) is 7.86. The topological polar surface area (TPSA) is 51.3 Å². The van der Waals surface area contributed by atoms with Crippen LogP contribution in [0.5, 0.6) is 0 Å². The third kappa shape index (κ3) is 3.82. The van der Waals surface area contributed by atoms with E-state index in [0.717, 1.165) is 6.07 Å². The molecule has 0 radical (unpaired) electrons. The third-order valence-corrected chi connectivity index (χ3v) is 3.96. The van der Waals surface area contributed by atoms with Gasteiger partial charge in [0.25, 0.3) is 0 Å². The number of nitrogens with zero attached hydrogens (tertiary/aromatic N) is 3. The van der Waals surface area contributed by atoms with Gasteiger partial charge in [0.05, 0.1) is 12.1 Å². The number of hydrogen-bond acceptors (Lipinski definition) is 2. The van der Waals surface area contributed by atoms with Gasteiger partial charge in [-0.3, -0.25) is 10.1 Å². The maximum atomic E-state index is 14.3. The molecule has 0 fully saturated rings. The van der Waals surface area contributed by atoms with Crippen molar-refractivity contribution in [2.45, 2.75) is 53.0 Å². The van der Waals surface area contributed by atoms with Crippen LogP contribution in [0.3, 0.4) is 0 Å². The Hall–Kier alpha value is -2.56. The van der Waals surface area contributed by atoms with Gasteiger partial charge >= 0.3 is 0 Å². The third-order valence-electron chi connectivity index (χ3n) is 3.96. The molecule has 1 aromatic carbocycles. The standard InChI is InChI=1S/C18H21F3N4O/c1-17(2,3)25-12-8-10(22-6)7-11(19)14(12)24-16(25)23-13(26)9-18(4,5)15(20)21/h7-8,15H,9H2,1-5H3,(H,23,24,26). The van der Waals surface area contributed by atoms with Crippen LogP contribution < -0.4 is 5.32 Å². The highest BCUT2D eigenvalue weighted by atomic mass is 19.3. The lowest BCUT2D eigenvalue weighted by Crippen LogP contribution is -2.30. The molecule has 0 aliphatic heterocycles. The fourth-order valence-electron chi connectivity index (χ4n) is 2.61. The van der Waals surface area contributed by atoms with E-state index in [1.54, 1.807) is 4.57 Å². The number of imidazole rings is 1. The van der Waals surface area contributed by atoms with Crippen molar-refractivity contribution in [2.24, 2.45) is 5.41 Å². The molecule has 0 saturated heterocycles. The van der Waals surface area contributed by atoms with Gasteiger partial charge < -0.3 is 4.57 Å². The molecule has 0 bridgehead atoms. The zero-order chi connectivity index (χ0) is 19.9. The van der Waals surface area contributed by atoms with E-state index >= 15 is 0 Å². The van der Waals surface area contributed by atoms with Crippen molar-refractivity contribution in [1.82, 2.24) is 9.55 Å². The highest BCUT2D eigenvalue weighted by Gasteiger charge is 2.33. The molecule has 2 rings (SSSR count). The lowest BCUT2D eigenvalue weighted by atomic mass is 9.89. The average molecular weight is 366 g/mol. The van der Waals surface area contributed by atoms with E-state index in [9.17, 15) is 18.0 Å². The lowest BCUT2D eigenvalue weighted by Gasteiger charge is -2.26. The molecule has 1 N–H and O–H groups in total. The molecule has 140 valence electrons. The van der Waals surface area contributed by atoms with E-state index in [4.69, 9.17) is 6.57 Å². The summed E-state index contributed by atoms with van der Waals surface area (Å²) in [5.74, 6) is -1.26. The van der Waals surface area contributed by atoms with Crippen LogP contribution in [0.4, 0.5) is 24.8 Å². The van der Waals surface area contributed by atoms with Gasteiger partial charge in [-0.05, 0) is 32.9 Å². The predicted octanol–water partition coefficient (Wildman–Crippen LogP) is 5.10. The number of aromatic nitrogens is 2. The van der Waals surface area contributed by atoms with Crippen molar-refractivity contribution in [1.29, 1.82) is 0 Å². The van der Waals surface area contributed by atoms with Crippen molar-refractivity contribution in [3.63, 3.8) is 0 Å². The summed E-state index contributed by atoms with van der Waals surface area (Å²) in [5.41, 5.74) is -1.62. The summed E-state index contributed by atoms with van der Waals surface area (Å²) in [7, 11) is 0. The Morgan fingerprint density at radius 1 is 1.31 bits per heavy atom. The second kappa shape index (κ2) is 6.63. The molecule has 0 atom stereocenters. The van der Waals surface area contributed by atoms with Gasteiger partial charge in [-0.25, -0.2) is 23.0 Å². The molecule has 8 heteroatoms. The van der Waals surface area contributed by atoms with Crippen LogP contribution in [-0.2, 0) is 10.3 Å². The van der Waals surface area contributed by atoms with Gasteiger partial charge in [0.15, 0.2) is 5.69 Å². The van der Waals surface area contributed by atoms with Crippen LogP contribution in [-0.4, -0.2) is 21.9 Å². The zero-order valence-electron chi connectivity index (χ0n) is 15.3. The van der Waals surface area contributed by atoms with Crippen LogP contribution in [0.2, 0.25) is 0 Å². The number of nitrogens with one attached hydrogen (secondary N) is 1. The summed E-state index contributed by atoms with van der Waals surface area (Å²) < 4.78 is 41.9. The minimum atomic E-state index is -2.66. The summed E-state index contributed by atoms with van der Waals surface area (Å²) in [6.45, 7) is 15.2. The number of fused-ring (bicyclic) bond motifs is 1. The maximum absolute atomic E-state index is 14.3. The number of rotatable bonds is 4. The summed E-state index contributed by atoms with van der Waals surface area (Å²) in [6, 6.07) is 2.56. The number of halogens is 3. The highest BCUT2D eigenvalue weighted by molar-refractivity contribution is 5.92. The quantitative estimate of drug-likeness (QED) is 0.765. The molecule has 1 amide bonds. The van der Waals surface area contributed by atoms with Crippen LogP contribution in [0, 0.1) is 17.8 Å². The minimum absolute atomic E-state index is 0.00995. The number of benzene rings is 1. The number of hydrogen-bond donors (Lipinski definition) is 1. The molecule has 2 aromatic rings. The molecule has 1 aromatic heterocycles. The van der Waals surface area contributed by atoms with E-state index in [0.29, 0.717) is 5.52 Å². The van der Waals surface area contributed by atoms with Gasteiger partial charge in [-0.15, -0.1) is 0 Å². The SMILES string of the molecule is [C-]#[N+]c1cc(F)c2nc(NC(=O)CC(C)(C)C(F)F)n(C(C)(C)C)c2c1. The van der Waals surface area contributed by atoms with Crippen LogP contribution in [0.1, 0.15) is 41.0 Å². The molecule has 0 saturated carbocycles. The van der Waals surface area contributed by atoms with Gasteiger partial charge in [0, 0.05) is 17.4 Å². The first-order valence-corrected chi connectivity index (χ1v) is 8.05. The Kier molecular flexibility index (Phi) is 5.04. The molecular formula is C18H21F3N4O. The second-order valence-electron chi connectivity index (χ2n) is 7.86. The van der Waals surface area contributed by atoms with Gasteiger partial charge in [0.1, 0.15) is 11.3 Å². The zero-order valence-corrected chi connectivity index (χ0v) is 15.3. The number of carbonyl (C=O) groups is 1. The van der Waals surface area contributed by atoms with Gasteiger partial charge in [-0.2, -0.15) is 0 Å². The summed E-state index contributed by atoms with van der Waals surface area (Å²) in [6.07, 6.45) is -3.07. The van der Waals surface area contributed by atoms with Crippen molar-refractivity contribution in [3.05, 3.63) is 29.4 Å². The molecule has 1 heterocycles. The molecule has 0 spiro atoms. The smallest absolute Gasteiger partial charge is 0.244 e. The van der Waals surface area contributed by atoms with Crippen molar-refractivity contribution >= 4 is 28.6 Å². The number of alkyl halides is 2. The Morgan fingerprint density at radius 2 is 1.92 bits per heavy atom. The normalized spacial score (nSPS) is 12.5. The van der Waals surface area contributed by atoms with Gasteiger partial charge in [-0.1, -0.05) is 13.8 Å². The Balaban J connectivity index is 2.52. The fraction of sp³-hybridized carbons (Fsp3) is 0.500. The molecule has 0 unspecified atom stereocenters. The molecule has 26 heavy (non-hydrogen) atoms. The number of carbonyl (C=O) groups excluding carboxylic acids is 1. The highest BCUT2D eigenvalue weighted by Crippen LogP contribution is 2.33. The first-order chi connectivity index (χ1) is 11.9. The average Bonchev–Trinajstić information content (AvgIpc) is 2.84. The van der Waals surface area contributed by atoms with E-state index in [1.807, 2.05) is 20.8 Å². The monoisotopic (exact) mass is 366 g/mol. The summed E-state index contributed by atoms with van der Waals surface area (Å²) >= 11 is 0. The molecular weight excluding hydrogens is 345 g/mol. The van der Waals surface area contributed by atoms with Crippen LogP contribution in [0.15, 0.2) is 12.1 Å². The summed E-state index contributed by atoms with van der Waals surface area (Å²) in [4.78, 5) is 19.6. The first kappa shape index (κ1) is 19.8. The van der Waals surface area contributed by atoms with Crippen molar-refractivity contribution in [3.8, 4) is 0 Å². The molecule has 0 aliphatic rings. The summed E-state index contributed by atoms with van der Waals surface area (Å²) in [5, 5.41) is 2.52. The van der Waals surface area contributed by atoms with E-state index in [-0.39, 0.29) is 17.2 Å². The minimum Gasteiger partial charge on any atom is -0.306 e. The first-order valence-electron chi connectivity index (χ1n) is 8.05. The van der Waals surface area contributed by atoms with E-state index in [2.05, 4.69) is 15.1 Å². The number of anilines is 1. The predicted molar refractivity (Wildman–Crippen MR) is 94.0 cm³/mol. The van der Waals surface area contributed by atoms with E-state index < -0.39 is 35.5 Å². The van der Waals surface area contributed by atoms with Crippen molar-refractivity contribution < 1.29 is 18.0 Å². The Labute approximate surface area is 150 Å². The maximum Gasteiger partial charge on any atom is 0.244 e. The van der Waals surface area contributed by atoms with Crippen molar-refractivity contribution in [2.75, 3.05) is 5.32 Å².